The summed E-state index contributed by atoms with van der Waals surface area (Å²) in [5.74, 6) is 0. The van der Waals surface area contributed by atoms with Crippen molar-refractivity contribution in [1.29, 1.82) is 0 Å². The Labute approximate surface area is 120 Å². The lowest BCUT2D eigenvalue weighted by Gasteiger charge is -2.26. The van der Waals surface area contributed by atoms with Crippen LogP contribution in [-0.4, -0.2) is 16.4 Å². The molecule has 94 valence electrons. The fourth-order valence-electron chi connectivity index (χ4n) is 2.23. The molecule has 5 heteroatoms. The summed E-state index contributed by atoms with van der Waals surface area (Å²) in [6.45, 7) is 2.91. The molecule has 2 aromatic rings. The van der Waals surface area contributed by atoms with E-state index in [1.165, 1.54) is 10.4 Å². The topological polar surface area (TPSA) is 16.1 Å². The lowest BCUT2D eigenvalue weighted by Crippen LogP contribution is -2.29. The zero-order valence-corrected chi connectivity index (χ0v) is 12.0. The van der Waals surface area contributed by atoms with Crippen LogP contribution in [0.25, 0.3) is 0 Å². The van der Waals surface area contributed by atoms with E-state index in [0.29, 0.717) is 10.2 Å². The van der Waals surface area contributed by atoms with E-state index in [2.05, 4.69) is 21.3 Å². The van der Waals surface area contributed by atoms with Crippen LogP contribution in [-0.2, 0) is 19.5 Å². The molecule has 3 rings (SSSR count). The lowest BCUT2D eigenvalue weighted by atomic mass is 10.1. The Morgan fingerprint density at radius 3 is 3.11 bits per heavy atom. The first-order valence-electron chi connectivity index (χ1n) is 5.80. The van der Waals surface area contributed by atoms with Crippen LogP contribution in [0.4, 0.5) is 0 Å². The van der Waals surface area contributed by atoms with Crippen molar-refractivity contribution in [2.75, 3.05) is 6.54 Å². The van der Waals surface area contributed by atoms with Crippen LogP contribution in [0.15, 0.2) is 23.7 Å². The number of halogens is 2. The Bertz CT molecular complexity index is 568. The Kier molecular flexibility index (Phi) is 3.57. The van der Waals surface area contributed by atoms with Crippen molar-refractivity contribution in [3.63, 3.8) is 0 Å². The van der Waals surface area contributed by atoms with Gasteiger partial charge in [-0.3, -0.25) is 4.90 Å². The van der Waals surface area contributed by atoms with Crippen molar-refractivity contribution in [3.8, 4) is 0 Å². The Hall–Kier alpha value is -0.610. The third kappa shape index (κ3) is 2.54. The molecule has 0 unspecified atom stereocenters. The molecule has 2 aromatic heterocycles. The van der Waals surface area contributed by atoms with Gasteiger partial charge in [-0.25, -0.2) is 4.98 Å². The van der Waals surface area contributed by atoms with E-state index >= 15 is 0 Å². The zero-order chi connectivity index (χ0) is 12.5. The van der Waals surface area contributed by atoms with Gasteiger partial charge in [0.2, 0.25) is 0 Å². The first-order valence-corrected chi connectivity index (χ1v) is 7.43. The Balaban J connectivity index is 1.74. The fourth-order valence-corrected chi connectivity index (χ4v) is 3.55. The molecule has 0 amide bonds. The number of nitrogens with zero attached hydrogens (tertiary/aromatic N) is 2. The second-order valence-corrected chi connectivity index (χ2v) is 6.22. The van der Waals surface area contributed by atoms with Gasteiger partial charge in [-0.2, -0.15) is 0 Å². The van der Waals surface area contributed by atoms with E-state index in [4.69, 9.17) is 23.2 Å². The number of fused-ring (bicyclic) bond motifs is 1. The SMILES string of the molecule is Clc1cc(Cl)c(CN2CCc3sccc3C2)cn1. The van der Waals surface area contributed by atoms with Crippen molar-refractivity contribution < 1.29 is 0 Å². The number of hydrogen-bond acceptors (Lipinski definition) is 3. The van der Waals surface area contributed by atoms with Gasteiger partial charge in [0.15, 0.2) is 0 Å². The van der Waals surface area contributed by atoms with Gasteiger partial charge in [0.1, 0.15) is 5.15 Å². The molecule has 1 aliphatic rings. The molecule has 3 heterocycles. The summed E-state index contributed by atoms with van der Waals surface area (Å²) >= 11 is 13.8. The maximum Gasteiger partial charge on any atom is 0.130 e. The van der Waals surface area contributed by atoms with E-state index in [1.807, 2.05) is 11.3 Å². The van der Waals surface area contributed by atoms with Crippen molar-refractivity contribution in [2.45, 2.75) is 19.5 Å². The predicted molar refractivity (Wildman–Crippen MR) is 76.4 cm³/mol. The van der Waals surface area contributed by atoms with E-state index in [-0.39, 0.29) is 0 Å². The van der Waals surface area contributed by atoms with Crippen LogP contribution in [0.5, 0.6) is 0 Å². The third-order valence-corrected chi connectivity index (χ3v) is 4.76. The van der Waals surface area contributed by atoms with Gasteiger partial charge in [0.25, 0.3) is 0 Å². The second-order valence-electron chi connectivity index (χ2n) is 4.43. The van der Waals surface area contributed by atoms with E-state index in [1.54, 1.807) is 12.3 Å². The number of hydrogen-bond donors (Lipinski definition) is 0. The average molecular weight is 299 g/mol. The summed E-state index contributed by atoms with van der Waals surface area (Å²) in [5, 5.41) is 3.32. The predicted octanol–water partition coefficient (Wildman–Crippen LogP) is 4.01. The van der Waals surface area contributed by atoms with E-state index < -0.39 is 0 Å². The molecule has 0 radical (unpaired) electrons. The van der Waals surface area contributed by atoms with Gasteiger partial charge in [0.05, 0.1) is 0 Å². The molecule has 0 aromatic carbocycles. The van der Waals surface area contributed by atoms with Gasteiger partial charge in [-0.05, 0) is 29.5 Å². The first kappa shape index (κ1) is 12.4. The molecular formula is C13H12Cl2N2S. The molecule has 18 heavy (non-hydrogen) atoms. The van der Waals surface area contributed by atoms with Crippen molar-refractivity contribution in [1.82, 2.24) is 9.88 Å². The third-order valence-electron chi connectivity index (χ3n) is 3.18. The standard InChI is InChI=1S/C13H12Cl2N2S/c14-11-5-13(15)16-6-10(11)8-17-3-1-12-9(7-17)2-4-18-12/h2,4-6H,1,3,7-8H2. The normalized spacial score (nSPS) is 15.7. The molecule has 0 aliphatic carbocycles. The van der Waals surface area contributed by atoms with Gasteiger partial charge in [-0.1, -0.05) is 23.2 Å². The van der Waals surface area contributed by atoms with Gasteiger partial charge >= 0.3 is 0 Å². The molecule has 0 saturated heterocycles. The monoisotopic (exact) mass is 298 g/mol. The minimum Gasteiger partial charge on any atom is -0.294 e. The number of aromatic nitrogens is 1. The molecule has 0 atom stereocenters. The second kappa shape index (κ2) is 5.17. The molecule has 0 spiro atoms. The number of thiophene rings is 1. The summed E-state index contributed by atoms with van der Waals surface area (Å²) in [7, 11) is 0. The average Bonchev–Trinajstić information content (AvgIpc) is 2.80. The molecule has 0 fully saturated rings. The smallest absolute Gasteiger partial charge is 0.130 e. The molecular weight excluding hydrogens is 287 g/mol. The van der Waals surface area contributed by atoms with Crippen molar-refractivity contribution >= 4 is 34.5 Å². The van der Waals surface area contributed by atoms with Crippen LogP contribution < -0.4 is 0 Å². The molecule has 1 aliphatic heterocycles. The molecule has 2 nitrogen and oxygen atoms in total. The van der Waals surface area contributed by atoms with Crippen LogP contribution >= 0.6 is 34.5 Å². The fraction of sp³-hybridized carbons (Fsp3) is 0.308. The van der Waals surface area contributed by atoms with Gasteiger partial charge < -0.3 is 0 Å². The summed E-state index contributed by atoms with van der Waals surface area (Å²) in [4.78, 5) is 8.01. The summed E-state index contributed by atoms with van der Waals surface area (Å²) in [6.07, 6.45) is 2.90. The summed E-state index contributed by atoms with van der Waals surface area (Å²) in [6, 6.07) is 3.92. The lowest BCUT2D eigenvalue weighted by molar-refractivity contribution is 0.247. The molecule has 0 saturated carbocycles. The van der Waals surface area contributed by atoms with Crippen molar-refractivity contribution in [3.05, 3.63) is 49.9 Å². The minimum absolute atomic E-state index is 0.447. The number of rotatable bonds is 2. The van der Waals surface area contributed by atoms with Crippen LogP contribution in [0.3, 0.4) is 0 Å². The highest BCUT2D eigenvalue weighted by Gasteiger charge is 2.18. The largest absolute Gasteiger partial charge is 0.294 e. The van der Waals surface area contributed by atoms with Crippen LogP contribution in [0.2, 0.25) is 10.2 Å². The number of pyridine rings is 1. The highest BCUT2D eigenvalue weighted by molar-refractivity contribution is 7.10. The van der Waals surface area contributed by atoms with Crippen molar-refractivity contribution in [2.24, 2.45) is 0 Å². The Morgan fingerprint density at radius 1 is 1.39 bits per heavy atom. The van der Waals surface area contributed by atoms with Gasteiger partial charge in [-0.15, -0.1) is 11.3 Å². The summed E-state index contributed by atoms with van der Waals surface area (Å²) < 4.78 is 0. The van der Waals surface area contributed by atoms with Crippen LogP contribution in [0.1, 0.15) is 16.0 Å². The molecule has 0 N–H and O–H groups in total. The highest BCUT2D eigenvalue weighted by atomic mass is 35.5. The molecule has 0 bridgehead atoms. The minimum atomic E-state index is 0.447. The van der Waals surface area contributed by atoms with Crippen LogP contribution in [0, 0.1) is 0 Å². The van der Waals surface area contributed by atoms with E-state index in [0.717, 1.165) is 31.6 Å². The van der Waals surface area contributed by atoms with Gasteiger partial charge in [0, 0.05) is 41.3 Å². The zero-order valence-electron chi connectivity index (χ0n) is 9.70. The van der Waals surface area contributed by atoms with E-state index in [9.17, 15) is 0 Å². The quantitative estimate of drug-likeness (QED) is 0.779. The summed E-state index contributed by atoms with van der Waals surface area (Å²) in [5.41, 5.74) is 2.49. The highest BCUT2D eigenvalue weighted by Crippen LogP contribution is 2.26. The maximum absolute atomic E-state index is 6.18. The maximum atomic E-state index is 6.18. The Morgan fingerprint density at radius 2 is 2.28 bits per heavy atom. The first-order chi connectivity index (χ1) is 8.72.